The molecule has 2 bridgehead atoms. The number of hydrogen-bond acceptors (Lipinski definition) is 5. The summed E-state index contributed by atoms with van der Waals surface area (Å²) in [5.41, 5.74) is 2.59. The van der Waals surface area contributed by atoms with Crippen LogP contribution in [-0.2, 0) is 20.8 Å². The maximum absolute atomic E-state index is 14.2. The number of rotatable bonds is 8. The number of ether oxygens (including phenoxy) is 1. The Morgan fingerprint density at radius 2 is 1.57 bits per heavy atom. The molecule has 0 saturated carbocycles. The number of fused-ring (bicyclic) bond motifs is 10. The Hall–Kier alpha value is -4.43. The summed E-state index contributed by atoms with van der Waals surface area (Å²) in [5, 5.41) is 8.77. The van der Waals surface area contributed by atoms with Crippen LogP contribution in [0, 0.1) is 5.92 Å². The quantitative estimate of drug-likeness (QED) is 0.380. The first-order valence-corrected chi connectivity index (χ1v) is 14.4. The zero-order chi connectivity index (χ0) is 30.1. The number of likely N-dealkylation sites (N-methyl/N-ethyl adjacent to an activating group) is 1. The summed E-state index contributed by atoms with van der Waals surface area (Å²) in [6, 6.07) is 23.9. The average Bonchev–Trinajstić information content (AvgIpc) is 3.00. The fourth-order valence-corrected chi connectivity index (χ4v) is 4.91. The van der Waals surface area contributed by atoms with Crippen LogP contribution in [0.25, 0.3) is 6.08 Å². The van der Waals surface area contributed by atoms with Crippen LogP contribution in [0.15, 0.2) is 91.1 Å². The molecule has 0 saturated heterocycles. The lowest BCUT2D eigenvalue weighted by molar-refractivity contribution is -0.136. The maximum atomic E-state index is 14.2. The minimum Gasteiger partial charge on any atom is -0.483 e. The first-order valence-electron chi connectivity index (χ1n) is 14.4. The number of carbonyl (C=O) groups excluding carboxylic acids is 3. The Balaban J connectivity index is 1.77. The van der Waals surface area contributed by atoms with Gasteiger partial charge in [-0.1, -0.05) is 93.1 Å². The van der Waals surface area contributed by atoms with Crippen molar-refractivity contribution in [3.63, 3.8) is 0 Å². The van der Waals surface area contributed by atoms with Crippen molar-refractivity contribution in [1.29, 1.82) is 0 Å². The highest BCUT2D eigenvalue weighted by Gasteiger charge is 2.38. The predicted octanol–water partition coefficient (Wildman–Crippen LogP) is 4.10. The standard InChI is InChI=1S/C34H40N4O4/c1-5-23(2)29-33(40)35-21-20-24-16-18-27(19-17-24)42-31(26-14-10-7-11-15-26)30(34(41)36-29)37-32(39)28(38(3)4)22-25-12-8-6-9-13-25/h6-21,23,28-31H,5,22H2,1-4H3,(H,35,40)(H,36,41)(H,37,39)/t23-,28-,29-,30+,31+/m0/s1. The Labute approximate surface area is 248 Å². The number of nitrogens with one attached hydrogen (secondary N) is 3. The lowest BCUT2D eigenvalue weighted by Gasteiger charge is -2.33. The first-order chi connectivity index (χ1) is 20.3. The van der Waals surface area contributed by atoms with E-state index in [0.29, 0.717) is 24.2 Å². The first kappa shape index (κ1) is 30.5. The van der Waals surface area contributed by atoms with Crippen molar-refractivity contribution in [2.45, 2.75) is 50.9 Å². The molecule has 0 aliphatic carbocycles. The Bertz CT molecular complexity index is 1360. The van der Waals surface area contributed by atoms with Crippen molar-refractivity contribution in [3.05, 3.63) is 108 Å². The molecule has 0 aromatic heterocycles. The van der Waals surface area contributed by atoms with Crippen LogP contribution in [0.3, 0.4) is 0 Å². The summed E-state index contributed by atoms with van der Waals surface area (Å²) < 4.78 is 6.48. The highest BCUT2D eigenvalue weighted by Crippen LogP contribution is 2.27. The van der Waals surface area contributed by atoms with Gasteiger partial charge in [0.2, 0.25) is 17.7 Å². The number of benzene rings is 3. The van der Waals surface area contributed by atoms with Gasteiger partial charge in [0.05, 0.1) is 6.04 Å². The van der Waals surface area contributed by atoms with Crippen LogP contribution in [0.1, 0.15) is 43.1 Å². The van der Waals surface area contributed by atoms with Gasteiger partial charge in [-0.25, -0.2) is 0 Å². The number of amides is 3. The van der Waals surface area contributed by atoms with E-state index in [1.165, 1.54) is 0 Å². The van der Waals surface area contributed by atoms with E-state index in [0.717, 1.165) is 11.1 Å². The number of hydrogen-bond donors (Lipinski definition) is 3. The van der Waals surface area contributed by atoms with Gasteiger partial charge in [0.1, 0.15) is 17.8 Å². The molecule has 0 spiro atoms. The molecule has 2 aliphatic rings. The van der Waals surface area contributed by atoms with Gasteiger partial charge >= 0.3 is 0 Å². The van der Waals surface area contributed by atoms with Gasteiger partial charge < -0.3 is 20.7 Å². The van der Waals surface area contributed by atoms with Gasteiger partial charge in [-0.2, -0.15) is 0 Å². The molecular weight excluding hydrogens is 528 g/mol. The van der Waals surface area contributed by atoms with Crippen LogP contribution < -0.4 is 20.7 Å². The topological polar surface area (TPSA) is 99.8 Å². The normalized spacial score (nSPS) is 20.5. The van der Waals surface area contributed by atoms with Gasteiger partial charge in [0.25, 0.3) is 0 Å². The van der Waals surface area contributed by atoms with E-state index in [2.05, 4.69) is 16.0 Å². The zero-order valence-corrected chi connectivity index (χ0v) is 24.6. The predicted molar refractivity (Wildman–Crippen MR) is 164 cm³/mol. The highest BCUT2D eigenvalue weighted by molar-refractivity contribution is 5.94. The van der Waals surface area contributed by atoms with E-state index in [1.807, 2.05) is 106 Å². The van der Waals surface area contributed by atoms with E-state index in [-0.39, 0.29) is 17.7 Å². The molecule has 220 valence electrons. The molecular formula is C34H40N4O4. The van der Waals surface area contributed by atoms with Crippen LogP contribution in [0.5, 0.6) is 5.75 Å². The summed E-state index contributed by atoms with van der Waals surface area (Å²) >= 11 is 0. The van der Waals surface area contributed by atoms with Gasteiger partial charge in [0, 0.05) is 6.20 Å². The molecule has 5 atom stereocenters. The van der Waals surface area contributed by atoms with Gasteiger partial charge in [-0.3, -0.25) is 19.3 Å². The molecule has 2 heterocycles. The van der Waals surface area contributed by atoms with E-state index in [4.69, 9.17) is 4.74 Å². The Morgan fingerprint density at radius 1 is 0.929 bits per heavy atom. The minimum absolute atomic E-state index is 0.159. The van der Waals surface area contributed by atoms with E-state index >= 15 is 0 Å². The van der Waals surface area contributed by atoms with Crippen molar-refractivity contribution < 1.29 is 19.1 Å². The second-order valence-electron chi connectivity index (χ2n) is 10.9. The van der Waals surface area contributed by atoms with Crippen LogP contribution in [0.2, 0.25) is 0 Å². The van der Waals surface area contributed by atoms with Crippen LogP contribution >= 0.6 is 0 Å². The molecule has 8 nitrogen and oxygen atoms in total. The second-order valence-corrected chi connectivity index (χ2v) is 10.9. The van der Waals surface area contributed by atoms with Crippen LogP contribution in [-0.4, -0.2) is 54.8 Å². The van der Waals surface area contributed by atoms with Crippen molar-refractivity contribution >= 4 is 23.8 Å². The van der Waals surface area contributed by atoms with Gasteiger partial charge in [-0.15, -0.1) is 0 Å². The fraction of sp³-hybridized carbons (Fsp3) is 0.324. The number of nitrogens with zero attached hydrogens (tertiary/aromatic N) is 1. The third-order valence-electron chi connectivity index (χ3n) is 7.65. The lowest BCUT2D eigenvalue weighted by Crippen LogP contribution is -2.59. The van der Waals surface area contributed by atoms with Gasteiger partial charge in [-0.05, 0) is 61.3 Å². The molecule has 5 rings (SSSR count). The maximum Gasteiger partial charge on any atom is 0.247 e. The van der Waals surface area contributed by atoms with Crippen LogP contribution in [0.4, 0.5) is 0 Å². The third kappa shape index (κ3) is 7.85. The fourth-order valence-electron chi connectivity index (χ4n) is 4.91. The molecule has 42 heavy (non-hydrogen) atoms. The van der Waals surface area contributed by atoms with E-state index < -0.39 is 30.1 Å². The molecule has 0 fully saturated rings. The zero-order valence-electron chi connectivity index (χ0n) is 24.6. The van der Waals surface area contributed by atoms with Crippen molar-refractivity contribution in [3.8, 4) is 5.75 Å². The molecule has 8 heteroatoms. The SMILES string of the molecule is CC[C@H](C)[C@@H]1NC(=O)[C@H](NC(=O)[C@H](Cc2ccccc2)N(C)C)[C@@H](c2ccccc2)Oc2ccc(cc2)C=CNC1=O. The van der Waals surface area contributed by atoms with Gasteiger partial charge in [0.15, 0.2) is 6.10 Å². The molecule has 0 radical (unpaired) electrons. The molecule has 3 amide bonds. The van der Waals surface area contributed by atoms with Crippen molar-refractivity contribution in [1.82, 2.24) is 20.9 Å². The summed E-state index contributed by atoms with van der Waals surface area (Å²) in [7, 11) is 3.68. The Kier molecular flexibility index (Phi) is 10.5. The molecule has 3 aromatic carbocycles. The molecule has 0 unspecified atom stereocenters. The van der Waals surface area contributed by atoms with E-state index in [9.17, 15) is 14.4 Å². The summed E-state index contributed by atoms with van der Waals surface area (Å²) in [6.07, 6.45) is 3.60. The smallest absolute Gasteiger partial charge is 0.247 e. The Morgan fingerprint density at radius 3 is 2.19 bits per heavy atom. The van der Waals surface area contributed by atoms with Crippen molar-refractivity contribution in [2.75, 3.05) is 14.1 Å². The summed E-state index contributed by atoms with van der Waals surface area (Å²) in [4.78, 5) is 43.2. The van der Waals surface area contributed by atoms with E-state index in [1.54, 1.807) is 24.4 Å². The average molecular weight is 569 g/mol. The lowest BCUT2D eigenvalue weighted by atomic mass is 9.95. The number of carbonyl (C=O) groups is 3. The molecule has 3 aromatic rings. The summed E-state index contributed by atoms with van der Waals surface area (Å²) in [6.45, 7) is 3.88. The minimum atomic E-state index is -1.14. The second kappa shape index (κ2) is 14.5. The van der Waals surface area contributed by atoms with Crippen molar-refractivity contribution in [2.24, 2.45) is 5.92 Å². The largest absolute Gasteiger partial charge is 0.483 e. The monoisotopic (exact) mass is 568 g/mol. The third-order valence-corrected chi connectivity index (χ3v) is 7.65. The highest BCUT2D eigenvalue weighted by atomic mass is 16.5. The molecule has 3 N–H and O–H groups in total. The summed E-state index contributed by atoms with van der Waals surface area (Å²) in [5.74, 6) is -0.778. The molecule has 2 aliphatic heterocycles.